The third-order valence-corrected chi connectivity index (χ3v) is 13.9. The second kappa shape index (κ2) is 18.1. The molecule has 358 valence electrons. The molecule has 11 aromatic rings. The average molecular weight is 990 g/mol. The summed E-state index contributed by atoms with van der Waals surface area (Å²) < 4.78 is 86.7. The Morgan fingerprint density at radius 3 is 1.53 bits per heavy atom. The number of hydrogen-bond donors (Lipinski definition) is 1. The summed E-state index contributed by atoms with van der Waals surface area (Å²) in [6, 6.07) is 55.4. The fourth-order valence-electron chi connectivity index (χ4n) is 10.3. The van der Waals surface area contributed by atoms with Crippen LogP contribution in [0.4, 0.5) is 49.2 Å². The van der Waals surface area contributed by atoms with E-state index in [1.807, 2.05) is 60.7 Å². The summed E-state index contributed by atoms with van der Waals surface area (Å²) in [5.74, 6) is -0.175. The zero-order valence-electron chi connectivity index (χ0n) is 39.3. The number of nitrogens with zero attached hydrogens (tertiary/aromatic N) is 4. The van der Waals surface area contributed by atoms with E-state index in [2.05, 4.69) is 34.6 Å². The van der Waals surface area contributed by atoms with Gasteiger partial charge in [0.2, 0.25) is 5.84 Å². The van der Waals surface area contributed by atoms with Gasteiger partial charge < -0.3 is 5.32 Å². The first-order valence-electron chi connectivity index (χ1n) is 24.0. The second-order valence-corrected chi connectivity index (χ2v) is 18.3. The van der Waals surface area contributed by atoms with Crippen LogP contribution < -0.4 is 15.1 Å². The molecule has 2 N–H and O–H groups in total. The number of rotatable bonds is 9. The van der Waals surface area contributed by atoms with Crippen molar-refractivity contribution in [1.29, 1.82) is 0 Å². The van der Waals surface area contributed by atoms with E-state index in [0.29, 0.717) is 56.1 Å². The molecule has 2 aromatic heterocycles. The molecule has 0 saturated carbocycles. The minimum absolute atomic E-state index is 0.0475. The molecular formula is C62H36BF6N6+. The summed E-state index contributed by atoms with van der Waals surface area (Å²) in [6.45, 7) is 0. The summed E-state index contributed by atoms with van der Waals surface area (Å²) in [4.78, 5) is 18.9. The van der Waals surface area contributed by atoms with Crippen molar-refractivity contribution in [1.82, 2.24) is 4.98 Å². The molecule has 0 radical (unpaired) electrons. The van der Waals surface area contributed by atoms with Gasteiger partial charge in [0, 0.05) is 50.6 Å². The Hall–Kier alpha value is -9.62. The third kappa shape index (κ3) is 8.05. The van der Waals surface area contributed by atoms with Gasteiger partial charge in [-0.2, -0.15) is 0 Å². The number of benzene rings is 9. The van der Waals surface area contributed by atoms with E-state index < -0.39 is 13.2 Å². The van der Waals surface area contributed by atoms with Crippen molar-refractivity contribution < 1.29 is 31.2 Å². The molecule has 0 saturated heterocycles. The lowest BCUT2D eigenvalue weighted by atomic mass is 9.92. The van der Waals surface area contributed by atoms with Gasteiger partial charge in [-0.15, -0.1) is 0 Å². The highest BCUT2D eigenvalue weighted by molar-refractivity contribution is 6.60. The lowest BCUT2D eigenvalue weighted by Gasteiger charge is -2.15. The number of aromatic amines is 1. The minimum Gasteiger partial charge on any atom is -0.339 e. The first kappa shape index (κ1) is 45.3. The molecule has 75 heavy (non-hydrogen) atoms. The summed E-state index contributed by atoms with van der Waals surface area (Å²) in [7, 11) is -2.94. The van der Waals surface area contributed by atoms with E-state index >= 15 is 8.63 Å². The molecule has 0 fully saturated rings. The van der Waals surface area contributed by atoms with Crippen molar-refractivity contribution in [3.8, 4) is 66.8 Å². The number of nitrogens with one attached hydrogen (secondary N) is 2. The SMILES string of the molecule is FB(F)N1C(=Nc2[nH+]cc(-c3ccc(F)cc3)cc2-c2ccc(F)cc2)c2cccc3c(-c4ccc(-c5ccc6c7c(cccc57)C(=Nc5ncc(-c7ccc(F)cc7)cc5-c5ccc(F)cc5)N6)cc4)ccc1c23. The van der Waals surface area contributed by atoms with Gasteiger partial charge in [-0.3, -0.25) is 13.4 Å². The predicted molar refractivity (Wildman–Crippen MR) is 288 cm³/mol. The first-order valence-corrected chi connectivity index (χ1v) is 24.0. The van der Waals surface area contributed by atoms with Crippen LogP contribution in [0, 0.1) is 23.3 Å². The van der Waals surface area contributed by atoms with Crippen LogP contribution in [0.3, 0.4) is 0 Å². The Morgan fingerprint density at radius 2 is 0.933 bits per heavy atom. The Bertz CT molecular complexity index is 4150. The number of halogens is 6. The van der Waals surface area contributed by atoms with Crippen molar-refractivity contribution in [2.24, 2.45) is 9.98 Å². The molecule has 0 aliphatic carbocycles. The van der Waals surface area contributed by atoms with E-state index in [1.165, 1.54) is 48.5 Å². The summed E-state index contributed by atoms with van der Waals surface area (Å²) in [5.41, 5.74) is 11.8. The van der Waals surface area contributed by atoms with Crippen LogP contribution in [0.25, 0.3) is 88.3 Å². The molecular weight excluding hydrogens is 954 g/mol. The van der Waals surface area contributed by atoms with Crippen molar-refractivity contribution in [2.75, 3.05) is 10.1 Å². The number of aliphatic imine (C=N–C) groups is 2. The molecule has 6 nitrogen and oxygen atoms in total. The molecule has 0 spiro atoms. The molecule has 13 heteroatoms. The largest absolute Gasteiger partial charge is 0.681 e. The quantitative estimate of drug-likeness (QED) is 0.116. The lowest BCUT2D eigenvalue weighted by Crippen LogP contribution is -2.36. The Labute approximate surface area is 425 Å². The van der Waals surface area contributed by atoms with Crippen LogP contribution in [-0.2, 0) is 0 Å². The van der Waals surface area contributed by atoms with Gasteiger partial charge in [-0.05, 0) is 139 Å². The summed E-state index contributed by atoms with van der Waals surface area (Å²) in [5, 5.41) is 6.90. The number of anilines is 2. The number of pyridine rings is 2. The summed E-state index contributed by atoms with van der Waals surface area (Å²) >= 11 is 0. The lowest BCUT2D eigenvalue weighted by molar-refractivity contribution is -0.361. The van der Waals surface area contributed by atoms with Gasteiger partial charge in [-0.1, -0.05) is 115 Å². The molecule has 0 unspecified atom stereocenters. The van der Waals surface area contributed by atoms with Crippen molar-refractivity contribution >= 4 is 63.6 Å². The highest BCUT2D eigenvalue weighted by Gasteiger charge is 2.42. The van der Waals surface area contributed by atoms with Gasteiger partial charge in [0.25, 0.3) is 0 Å². The van der Waals surface area contributed by atoms with Crippen LogP contribution in [0.2, 0.25) is 0 Å². The fraction of sp³-hybridized carbons (Fsp3) is 0. The zero-order valence-corrected chi connectivity index (χ0v) is 39.3. The van der Waals surface area contributed by atoms with Gasteiger partial charge in [0.05, 0.1) is 17.3 Å². The summed E-state index contributed by atoms with van der Waals surface area (Å²) in [6.07, 6.45) is 3.39. The van der Waals surface area contributed by atoms with Crippen LogP contribution in [0.15, 0.2) is 217 Å². The van der Waals surface area contributed by atoms with E-state index in [-0.39, 0.29) is 29.1 Å². The van der Waals surface area contributed by atoms with Crippen molar-refractivity contribution in [3.63, 3.8) is 0 Å². The normalized spacial score (nSPS) is 13.6. The van der Waals surface area contributed by atoms with Crippen LogP contribution in [0.1, 0.15) is 11.1 Å². The Kier molecular flexibility index (Phi) is 11.0. The number of aromatic nitrogens is 2. The van der Waals surface area contributed by atoms with Crippen LogP contribution in [0.5, 0.6) is 0 Å². The van der Waals surface area contributed by atoms with Gasteiger partial charge in [-0.25, -0.2) is 32.5 Å². The standard InChI is InChI=1S/C62H35BF6N6/c64-43-19-11-35(12-20-43)41-31-53(39-15-23-45(66)24-16-39)59(70-33-41)73-61-51-5-1-3-49-47(27-29-55(72-61)57(49)51)37-7-9-38(10-8-37)48-28-30-56-58-50(48)4-2-6-52(58)62(75(56)63(68)69)74-60-54(40-17-25-46(67)26-18-40)32-42(34-71-60)36-13-21-44(65)22-14-36/h1-34H,(H,70,72,73)/p+1. The van der Waals surface area contributed by atoms with Gasteiger partial charge in [0.1, 0.15) is 29.1 Å². The van der Waals surface area contributed by atoms with E-state index in [1.54, 1.807) is 73.1 Å². The molecule has 4 heterocycles. The third-order valence-electron chi connectivity index (χ3n) is 13.9. The van der Waals surface area contributed by atoms with E-state index in [4.69, 9.17) is 15.0 Å². The Morgan fingerprint density at radius 1 is 0.440 bits per heavy atom. The molecule has 0 bridgehead atoms. The maximum absolute atomic E-state index is 15.4. The number of H-pyrrole nitrogens is 1. The number of hydrogen-bond acceptors (Lipinski definition) is 3. The Balaban J connectivity index is 0.850. The fourth-order valence-corrected chi connectivity index (χ4v) is 10.3. The van der Waals surface area contributed by atoms with Crippen LogP contribution in [-0.4, -0.2) is 24.1 Å². The zero-order chi connectivity index (χ0) is 50.9. The molecule has 0 atom stereocenters. The second-order valence-electron chi connectivity index (χ2n) is 18.3. The molecule has 13 rings (SSSR count). The average Bonchev–Trinajstić information content (AvgIpc) is 3.96. The smallest absolute Gasteiger partial charge is 0.339 e. The molecule has 2 aliphatic rings. The maximum Gasteiger partial charge on any atom is 0.681 e. The highest BCUT2D eigenvalue weighted by atomic mass is 19.2. The molecule has 2 aliphatic heterocycles. The minimum atomic E-state index is -2.94. The maximum atomic E-state index is 15.4. The van der Waals surface area contributed by atoms with E-state index in [9.17, 15) is 17.6 Å². The van der Waals surface area contributed by atoms with Crippen molar-refractivity contribution in [2.45, 2.75) is 0 Å². The highest BCUT2D eigenvalue weighted by Crippen LogP contribution is 2.46. The molecule has 0 amide bonds. The van der Waals surface area contributed by atoms with Gasteiger partial charge >= 0.3 is 13.2 Å². The topological polar surface area (TPSA) is 67.0 Å². The van der Waals surface area contributed by atoms with E-state index in [0.717, 1.165) is 71.2 Å². The van der Waals surface area contributed by atoms with Crippen LogP contribution >= 0.6 is 0 Å². The first-order chi connectivity index (χ1) is 36.6. The predicted octanol–water partition coefficient (Wildman–Crippen LogP) is 16.1. The van der Waals surface area contributed by atoms with Gasteiger partial charge in [0.15, 0.2) is 5.82 Å². The van der Waals surface area contributed by atoms with Crippen molar-refractivity contribution in [3.05, 3.63) is 241 Å². The molecule has 9 aromatic carbocycles. The monoisotopic (exact) mass is 989 g/mol. The number of amidine groups is 2.